The smallest absolute Gasteiger partial charge is 0.253 e. The second-order valence-electron chi connectivity index (χ2n) is 9.07. The molecule has 2 aromatic heterocycles. The molecule has 5 heterocycles. The molecule has 11 heteroatoms. The van der Waals surface area contributed by atoms with Crippen molar-refractivity contribution in [3.8, 4) is 11.5 Å². The van der Waals surface area contributed by atoms with Crippen molar-refractivity contribution >= 4 is 10.9 Å². The number of H-pyrrole nitrogens is 1. The molecule has 0 spiro atoms. The molecule has 0 aliphatic carbocycles. The summed E-state index contributed by atoms with van der Waals surface area (Å²) in [5.74, 6) is 2.00. The minimum Gasteiger partial charge on any atom is -0.454 e. The summed E-state index contributed by atoms with van der Waals surface area (Å²) in [5, 5.41) is 13.6. The van der Waals surface area contributed by atoms with Crippen molar-refractivity contribution in [1.82, 2.24) is 35.0 Å². The van der Waals surface area contributed by atoms with Crippen LogP contribution in [0.1, 0.15) is 37.2 Å². The maximum absolute atomic E-state index is 13.4. The van der Waals surface area contributed by atoms with E-state index in [1.165, 1.54) is 0 Å². The molecule has 1 N–H and O–H groups in total. The fraction of sp³-hybridized carbons (Fsp3) is 0.565. The summed E-state index contributed by atoms with van der Waals surface area (Å²) in [6.07, 6.45) is 2.13. The van der Waals surface area contributed by atoms with Gasteiger partial charge >= 0.3 is 0 Å². The third-order valence-electron chi connectivity index (χ3n) is 7.08. The topological polar surface area (TPSA) is 111 Å². The minimum atomic E-state index is -0.367. The molecule has 3 aliphatic rings. The van der Waals surface area contributed by atoms with Crippen LogP contribution in [-0.2, 0) is 11.3 Å². The number of nitrogens with one attached hydrogen (secondary N) is 1. The van der Waals surface area contributed by atoms with E-state index in [4.69, 9.17) is 14.2 Å². The highest BCUT2D eigenvalue weighted by molar-refractivity contribution is 5.83. The average Bonchev–Trinajstić information content (AvgIpc) is 3.62. The molecular formula is C23H29N7O4. The predicted octanol–water partition coefficient (Wildman–Crippen LogP) is 1.15. The van der Waals surface area contributed by atoms with Crippen LogP contribution in [0.15, 0.2) is 23.0 Å². The van der Waals surface area contributed by atoms with Crippen LogP contribution in [0.5, 0.6) is 11.5 Å². The van der Waals surface area contributed by atoms with E-state index in [0.717, 1.165) is 57.6 Å². The minimum absolute atomic E-state index is 0.0921. The van der Waals surface area contributed by atoms with Crippen molar-refractivity contribution in [3.63, 3.8) is 0 Å². The van der Waals surface area contributed by atoms with Gasteiger partial charge in [0.25, 0.3) is 5.56 Å². The Bertz CT molecular complexity index is 1230. The lowest BCUT2D eigenvalue weighted by Gasteiger charge is -2.38. The average molecular weight is 468 g/mol. The summed E-state index contributed by atoms with van der Waals surface area (Å²) < 4.78 is 18.7. The van der Waals surface area contributed by atoms with E-state index in [1.807, 2.05) is 22.9 Å². The van der Waals surface area contributed by atoms with E-state index < -0.39 is 0 Å². The molecule has 1 aromatic carbocycles. The number of tetrazole rings is 1. The Morgan fingerprint density at radius 1 is 1.15 bits per heavy atom. The molecule has 2 fully saturated rings. The largest absolute Gasteiger partial charge is 0.454 e. The van der Waals surface area contributed by atoms with Crippen molar-refractivity contribution < 1.29 is 14.2 Å². The van der Waals surface area contributed by atoms with E-state index >= 15 is 0 Å². The number of likely N-dealkylation sites (N-methyl/N-ethyl adjacent to an activating group) is 1. The molecule has 6 rings (SSSR count). The van der Waals surface area contributed by atoms with Crippen LogP contribution in [0, 0.1) is 0 Å². The molecule has 3 aromatic rings. The van der Waals surface area contributed by atoms with Crippen LogP contribution in [0.3, 0.4) is 0 Å². The molecule has 2 unspecified atom stereocenters. The number of fused-ring (bicyclic) bond motifs is 2. The van der Waals surface area contributed by atoms with Crippen LogP contribution < -0.4 is 15.0 Å². The Morgan fingerprint density at radius 2 is 1.97 bits per heavy atom. The highest BCUT2D eigenvalue weighted by Gasteiger charge is 2.33. The quantitative estimate of drug-likeness (QED) is 0.571. The van der Waals surface area contributed by atoms with Gasteiger partial charge in [-0.2, -0.15) is 0 Å². The molecule has 0 radical (unpaired) electrons. The number of aromatic nitrogens is 5. The van der Waals surface area contributed by atoms with Gasteiger partial charge in [-0.25, -0.2) is 4.68 Å². The second-order valence-corrected chi connectivity index (χ2v) is 9.07. The number of hydrogen-bond donors (Lipinski definition) is 1. The van der Waals surface area contributed by atoms with Crippen molar-refractivity contribution in [2.24, 2.45) is 0 Å². The first-order chi connectivity index (χ1) is 16.7. The fourth-order valence-electron chi connectivity index (χ4n) is 5.17. The van der Waals surface area contributed by atoms with E-state index in [9.17, 15) is 4.79 Å². The van der Waals surface area contributed by atoms with Crippen LogP contribution in [0.2, 0.25) is 0 Å². The number of benzene rings is 1. The third-order valence-corrected chi connectivity index (χ3v) is 7.08. The summed E-state index contributed by atoms with van der Waals surface area (Å²) in [6.45, 7) is 8.24. The number of hydrogen-bond acceptors (Lipinski definition) is 9. The number of rotatable bonds is 6. The number of nitrogens with zero attached hydrogens (tertiary/aromatic N) is 6. The Kier molecular flexibility index (Phi) is 5.67. The summed E-state index contributed by atoms with van der Waals surface area (Å²) in [7, 11) is 0. The molecule has 0 bridgehead atoms. The van der Waals surface area contributed by atoms with Crippen molar-refractivity contribution in [2.75, 3.05) is 46.1 Å². The van der Waals surface area contributed by atoms with Crippen LogP contribution in [-0.4, -0.2) is 87.2 Å². The standard InChI is InChI=1S/C23H29N7O4/c1-2-28-5-7-29(8-6-28)21(22-25-26-27-30(22)13-16-4-3-9-32-16)17-10-15-11-19-20(34-14-33-19)12-18(15)24-23(17)31/h10-12,16,21H,2-9,13-14H2,1H3,(H,24,31). The van der Waals surface area contributed by atoms with Gasteiger partial charge in [0, 0.05) is 49.8 Å². The van der Waals surface area contributed by atoms with Gasteiger partial charge in [0.05, 0.1) is 18.2 Å². The first kappa shape index (κ1) is 21.5. The Morgan fingerprint density at radius 3 is 2.74 bits per heavy atom. The predicted molar refractivity (Wildman–Crippen MR) is 123 cm³/mol. The first-order valence-corrected chi connectivity index (χ1v) is 12.0. The van der Waals surface area contributed by atoms with Crippen LogP contribution in [0.4, 0.5) is 0 Å². The molecule has 2 saturated heterocycles. The molecule has 3 aliphatic heterocycles. The molecule has 11 nitrogen and oxygen atoms in total. The van der Waals surface area contributed by atoms with Crippen molar-refractivity contribution in [3.05, 3.63) is 39.9 Å². The Hall–Kier alpha value is -3.02. The fourth-order valence-corrected chi connectivity index (χ4v) is 5.17. The second kappa shape index (κ2) is 8.97. The van der Waals surface area contributed by atoms with E-state index in [0.29, 0.717) is 34.9 Å². The highest BCUT2D eigenvalue weighted by Crippen LogP contribution is 2.36. The van der Waals surface area contributed by atoms with Gasteiger partial charge in [0.1, 0.15) is 6.04 Å². The molecule has 34 heavy (non-hydrogen) atoms. The van der Waals surface area contributed by atoms with Crippen LogP contribution in [0.25, 0.3) is 10.9 Å². The van der Waals surface area contributed by atoms with E-state index in [-0.39, 0.29) is 24.5 Å². The summed E-state index contributed by atoms with van der Waals surface area (Å²) in [6, 6.07) is 5.31. The lowest BCUT2D eigenvalue weighted by Crippen LogP contribution is -2.49. The molecular weight excluding hydrogens is 438 g/mol. The highest BCUT2D eigenvalue weighted by atomic mass is 16.7. The number of pyridine rings is 1. The van der Waals surface area contributed by atoms with Gasteiger partial charge in [0.2, 0.25) is 6.79 Å². The Balaban J connectivity index is 1.42. The van der Waals surface area contributed by atoms with E-state index in [2.05, 4.69) is 37.2 Å². The molecule has 0 saturated carbocycles. The number of aromatic amines is 1. The number of piperazine rings is 1. The zero-order chi connectivity index (χ0) is 23.1. The SMILES string of the molecule is CCN1CCN(C(c2cc3cc4c(cc3[nH]c2=O)OCO4)c2nnnn2CC2CCCO2)CC1. The molecule has 2 atom stereocenters. The maximum Gasteiger partial charge on any atom is 0.253 e. The van der Waals surface area contributed by atoms with Crippen molar-refractivity contribution in [2.45, 2.75) is 38.5 Å². The van der Waals surface area contributed by atoms with Gasteiger partial charge < -0.3 is 24.1 Å². The molecule has 0 amide bonds. The summed E-state index contributed by atoms with van der Waals surface area (Å²) in [5.41, 5.74) is 1.19. The van der Waals surface area contributed by atoms with Gasteiger partial charge in [-0.05, 0) is 41.9 Å². The zero-order valence-corrected chi connectivity index (χ0v) is 19.3. The van der Waals surface area contributed by atoms with Crippen molar-refractivity contribution in [1.29, 1.82) is 0 Å². The van der Waals surface area contributed by atoms with Gasteiger partial charge in [-0.3, -0.25) is 9.69 Å². The first-order valence-electron chi connectivity index (χ1n) is 12.0. The van der Waals surface area contributed by atoms with Gasteiger partial charge in [0.15, 0.2) is 17.3 Å². The maximum atomic E-state index is 13.4. The normalized spacial score (nSPS) is 22.0. The zero-order valence-electron chi connectivity index (χ0n) is 19.3. The lowest BCUT2D eigenvalue weighted by atomic mass is 10.0. The summed E-state index contributed by atoms with van der Waals surface area (Å²) in [4.78, 5) is 21.2. The van der Waals surface area contributed by atoms with Crippen LogP contribution >= 0.6 is 0 Å². The molecule has 180 valence electrons. The number of ether oxygens (including phenoxy) is 3. The third kappa shape index (κ3) is 3.93. The van der Waals surface area contributed by atoms with Gasteiger partial charge in [-0.1, -0.05) is 6.92 Å². The van der Waals surface area contributed by atoms with E-state index in [1.54, 1.807) is 0 Å². The van der Waals surface area contributed by atoms with Gasteiger partial charge in [-0.15, -0.1) is 5.10 Å². The Labute approximate surface area is 196 Å². The lowest BCUT2D eigenvalue weighted by molar-refractivity contribution is 0.0860. The monoisotopic (exact) mass is 467 g/mol. The summed E-state index contributed by atoms with van der Waals surface area (Å²) >= 11 is 0.